The Bertz CT molecular complexity index is 540. The molecule has 0 heterocycles. The summed E-state index contributed by atoms with van der Waals surface area (Å²) in [6.45, 7) is 6.38. The van der Waals surface area contributed by atoms with Gasteiger partial charge in [0.1, 0.15) is 0 Å². The van der Waals surface area contributed by atoms with Crippen LogP contribution in [0.25, 0.3) is 0 Å². The Kier molecular flexibility index (Phi) is 9.78. The first-order valence-electron chi connectivity index (χ1n) is 7.79. The number of nitrogens with one attached hydrogen (secondary N) is 2. The highest BCUT2D eigenvalue weighted by atomic mass is 127. The smallest absolute Gasteiger partial charge is 0.356 e. The molecule has 0 saturated heterocycles. The Morgan fingerprint density at radius 2 is 1.64 bits per heavy atom. The van der Waals surface area contributed by atoms with Gasteiger partial charge in [-0.25, -0.2) is 0 Å². The molecule has 25 heavy (non-hydrogen) atoms. The molecule has 0 atom stereocenters. The Morgan fingerprint density at radius 3 is 2.08 bits per heavy atom. The molecule has 8 heteroatoms. The van der Waals surface area contributed by atoms with E-state index in [0.717, 1.165) is 30.8 Å². The van der Waals surface area contributed by atoms with Crippen molar-refractivity contribution < 1.29 is 13.2 Å². The van der Waals surface area contributed by atoms with Crippen LogP contribution in [0.1, 0.15) is 25.0 Å². The number of alkyl halides is 3. The standard InChI is InChI=1S/C17H27F3N4.HI/c1-16(2,12-24(4)5)11-23-15(21-3)22-10-13-6-8-14(9-7-13)17(18,19)20;/h6-9H,10-12H2,1-5H3,(H2,21,22,23);1H. The Balaban J connectivity index is 0.00000576. The van der Waals surface area contributed by atoms with E-state index < -0.39 is 11.7 Å². The third-order valence-electron chi connectivity index (χ3n) is 3.44. The molecule has 0 fully saturated rings. The molecule has 1 aromatic rings. The minimum atomic E-state index is -4.30. The van der Waals surface area contributed by atoms with Gasteiger partial charge >= 0.3 is 6.18 Å². The monoisotopic (exact) mass is 472 g/mol. The van der Waals surface area contributed by atoms with Crippen molar-refractivity contribution in [3.8, 4) is 0 Å². The van der Waals surface area contributed by atoms with Gasteiger partial charge in [0.2, 0.25) is 0 Å². The van der Waals surface area contributed by atoms with Gasteiger partial charge in [-0.15, -0.1) is 24.0 Å². The second kappa shape index (κ2) is 10.2. The third-order valence-corrected chi connectivity index (χ3v) is 3.44. The van der Waals surface area contributed by atoms with Crippen molar-refractivity contribution in [2.45, 2.75) is 26.6 Å². The molecule has 0 saturated carbocycles. The van der Waals surface area contributed by atoms with Gasteiger partial charge in [-0.3, -0.25) is 4.99 Å². The minimum Gasteiger partial charge on any atom is -0.356 e. The lowest BCUT2D eigenvalue weighted by atomic mass is 9.93. The van der Waals surface area contributed by atoms with Crippen LogP contribution in [0.15, 0.2) is 29.3 Å². The van der Waals surface area contributed by atoms with E-state index in [1.807, 2.05) is 14.1 Å². The van der Waals surface area contributed by atoms with Crippen LogP contribution in [-0.4, -0.2) is 45.1 Å². The number of nitrogens with zero attached hydrogens (tertiary/aromatic N) is 2. The normalized spacial score (nSPS) is 12.8. The maximum Gasteiger partial charge on any atom is 0.416 e. The lowest BCUT2D eigenvalue weighted by Gasteiger charge is -2.29. The van der Waals surface area contributed by atoms with Crippen LogP contribution >= 0.6 is 24.0 Å². The SMILES string of the molecule is CN=C(NCc1ccc(C(F)(F)F)cc1)NCC(C)(C)CN(C)C.I. The molecule has 2 N–H and O–H groups in total. The Hall–Kier alpha value is -1.03. The predicted octanol–water partition coefficient (Wildman–Crippen LogP) is 3.58. The fourth-order valence-electron chi connectivity index (χ4n) is 2.45. The predicted molar refractivity (Wildman–Crippen MR) is 107 cm³/mol. The summed E-state index contributed by atoms with van der Waals surface area (Å²) in [6.07, 6.45) is -4.30. The van der Waals surface area contributed by atoms with Gasteiger partial charge in [-0.2, -0.15) is 13.2 Å². The van der Waals surface area contributed by atoms with Crippen molar-refractivity contribution in [3.05, 3.63) is 35.4 Å². The van der Waals surface area contributed by atoms with E-state index >= 15 is 0 Å². The van der Waals surface area contributed by atoms with Crippen LogP contribution in [0.4, 0.5) is 13.2 Å². The van der Waals surface area contributed by atoms with Crippen LogP contribution in [-0.2, 0) is 12.7 Å². The van der Waals surface area contributed by atoms with Crippen molar-refractivity contribution in [1.82, 2.24) is 15.5 Å². The first-order chi connectivity index (χ1) is 11.0. The van der Waals surface area contributed by atoms with Crippen molar-refractivity contribution in [2.24, 2.45) is 10.4 Å². The highest BCUT2D eigenvalue weighted by molar-refractivity contribution is 14.0. The highest BCUT2D eigenvalue weighted by Gasteiger charge is 2.29. The summed E-state index contributed by atoms with van der Waals surface area (Å²) in [7, 11) is 5.72. The molecule has 0 aliphatic heterocycles. The number of guanidine groups is 1. The Labute approximate surface area is 165 Å². The molecule has 0 aliphatic carbocycles. The maximum atomic E-state index is 12.5. The number of hydrogen-bond acceptors (Lipinski definition) is 2. The fraction of sp³-hybridized carbons (Fsp3) is 0.588. The first-order valence-corrected chi connectivity index (χ1v) is 7.79. The molecule has 0 unspecified atom stereocenters. The topological polar surface area (TPSA) is 39.7 Å². The fourth-order valence-corrected chi connectivity index (χ4v) is 2.45. The maximum absolute atomic E-state index is 12.5. The van der Waals surface area contributed by atoms with Crippen molar-refractivity contribution in [3.63, 3.8) is 0 Å². The van der Waals surface area contributed by atoms with Crippen LogP contribution in [0.5, 0.6) is 0 Å². The van der Waals surface area contributed by atoms with Gasteiger partial charge < -0.3 is 15.5 Å². The third kappa shape index (κ3) is 9.29. The zero-order valence-corrected chi connectivity index (χ0v) is 17.7. The molecule has 0 aliphatic rings. The van der Waals surface area contributed by atoms with Gasteiger partial charge in [0.15, 0.2) is 5.96 Å². The summed E-state index contributed by atoms with van der Waals surface area (Å²) in [5.74, 6) is 0.627. The molecule has 1 aromatic carbocycles. The zero-order valence-electron chi connectivity index (χ0n) is 15.4. The summed E-state index contributed by atoms with van der Waals surface area (Å²) in [5, 5.41) is 6.37. The van der Waals surface area contributed by atoms with Gasteiger partial charge in [0.25, 0.3) is 0 Å². The van der Waals surface area contributed by atoms with Crippen molar-refractivity contribution in [2.75, 3.05) is 34.2 Å². The van der Waals surface area contributed by atoms with Crippen LogP contribution in [0.2, 0.25) is 0 Å². The quantitative estimate of drug-likeness (QED) is 0.378. The average Bonchev–Trinajstić information content (AvgIpc) is 2.45. The van der Waals surface area contributed by atoms with Crippen LogP contribution in [0.3, 0.4) is 0 Å². The highest BCUT2D eigenvalue weighted by Crippen LogP contribution is 2.29. The lowest BCUT2D eigenvalue weighted by Crippen LogP contribution is -2.44. The molecular weight excluding hydrogens is 444 g/mol. The number of rotatable bonds is 6. The minimum absolute atomic E-state index is 0. The number of aliphatic imine (C=N–C) groups is 1. The molecule has 0 bridgehead atoms. The van der Waals surface area contributed by atoms with E-state index in [1.165, 1.54) is 12.1 Å². The van der Waals surface area contributed by atoms with E-state index in [4.69, 9.17) is 0 Å². The summed E-state index contributed by atoms with van der Waals surface area (Å²) < 4.78 is 37.6. The molecular formula is C17H28F3IN4. The molecule has 0 aromatic heterocycles. The number of hydrogen-bond donors (Lipinski definition) is 2. The van der Waals surface area contributed by atoms with Gasteiger partial charge in [-0.05, 0) is 37.2 Å². The molecule has 0 amide bonds. The first kappa shape index (κ1) is 24.0. The van der Waals surface area contributed by atoms with Crippen LogP contribution in [0, 0.1) is 5.41 Å². The molecule has 144 valence electrons. The summed E-state index contributed by atoms with van der Waals surface area (Å²) >= 11 is 0. The van der Waals surface area contributed by atoms with Gasteiger partial charge in [0.05, 0.1) is 5.56 Å². The van der Waals surface area contributed by atoms with E-state index in [1.54, 1.807) is 7.05 Å². The number of halogens is 4. The molecule has 0 spiro atoms. The van der Waals surface area contributed by atoms with E-state index in [2.05, 4.69) is 34.4 Å². The molecule has 4 nitrogen and oxygen atoms in total. The second-order valence-electron chi connectivity index (χ2n) is 6.88. The number of benzene rings is 1. The van der Waals surface area contributed by atoms with Crippen molar-refractivity contribution >= 4 is 29.9 Å². The summed E-state index contributed by atoms with van der Waals surface area (Å²) in [6, 6.07) is 5.12. The van der Waals surface area contributed by atoms with E-state index in [0.29, 0.717) is 12.5 Å². The zero-order chi connectivity index (χ0) is 18.4. The van der Waals surface area contributed by atoms with Gasteiger partial charge in [-0.1, -0.05) is 26.0 Å². The average molecular weight is 472 g/mol. The molecule has 1 rings (SSSR count). The van der Waals surface area contributed by atoms with Crippen LogP contribution < -0.4 is 10.6 Å². The lowest BCUT2D eigenvalue weighted by molar-refractivity contribution is -0.137. The van der Waals surface area contributed by atoms with Gasteiger partial charge in [0, 0.05) is 26.7 Å². The summed E-state index contributed by atoms with van der Waals surface area (Å²) in [5.41, 5.74) is 0.188. The molecule has 0 radical (unpaired) electrons. The van der Waals surface area contributed by atoms with E-state index in [-0.39, 0.29) is 29.4 Å². The largest absolute Gasteiger partial charge is 0.416 e. The van der Waals surface area contributed by atoms with Crippen molar-refractivity contribution in [1.29, 1.82) is 0 Å². The summed E-state index contributed by atoms with van der Waals surface area (Å²) in [4.78, 5) is 6.27. The second-order valence-corrected chi connectivity index (χ2v) is 6.88. The Morgan fingerprint density at radius 1 is 1.08 bits per heavy atom. The van der Waals surface area contributed by atoms with E-state index in [9.17, 15) is 13.2 Å².